The van der Waals surface area contributed by atoms with Crippen molar-refractivity contribution < 1.29 is 19.1 Å². The van der Waals surface area contributed by atoms with Gasteiger partial charge in [0.25, 0.3) is 0 Å². The second kappa shape index (κ2) is 10.5. The highest BCUT2D eigenvalue weighted by Gasteiger charge is 2.45. The third-order valence-corrected chi connectivity index (χ3v) is 5.32. The zero-order valence-corrected chi connectivity index (χ0v) is 19.0. The van der Waals surface area contributed by atoms with Crippen molar-refractivity contribution in [3.8, 4) is 0 Å². The van der Waals surface area contributed by atoms with Crippen LogP contribution in [0.1, 0.15) is 38.3 Å². The molecule has 0 spiro atoms. The molecule has 0 aliphatic carbocycles. The molecule has 0 radical (unpaired) electrons. The van der Waals surface area contributed by atoms with Crippen molar-refractivity contribution >= 4 is 12.1 Å². The van der Waals surface area contributed by atoms with E-state index in [9.17, 15) is 9.59 Å². The summed E-state index contributed by atoms with van der Waals surface area (Å²) in [6.07, 6.45) is 1.67. The second-order valence-corrected chi connectivity index (χ2v) is 8.98. The number of rotatable bonds is 7. The molecular weight excluding hydrogens is 404 g/mol. The summed E-state index contributed by atoms with van der Waals surface area (Å²) in [5.41, 5.74) is 1.38. The van der Waals surface area contributed by atoms with Gasteiger partial charge in [-0.05, 0) is 38.3 Å². The Bertz CT molecular complexity index is 908. The van der Waals surface area contributed by atoms with Gasteiger partial charge in [0, 0.05) is 12.6 Å². The standard InChI is InChI=1S/C26H32N2O4/c1-5-22-21(27-25(30)31-18-20-14-10-7-11-15-20)16-23(24(29)32-26(2,3)4)28(22)17-19-12-8-6-9-13-19/h5-15,21-23H,1,16-18H2,2-4H3,(H,27,30). The van der Waals surface area contributed by atoms with Crippen LogP contribution in [0.3, 0.4) is 0 Å². The Kier molecular flexibility index (Phi) is 7.70. The summed E-state index contributed by atoms with van der Waals surface area (Å²) in [5, 5.41) is 2.93. The Morgan fingerprint density at radius 3 is 2.22 bits per heavy atom. The number of amides is 1. The quantitative estimate of drug-likeness (QED) is 0.513. The monoisotopic (exact) mass is 436 g/mol. The number of hydrogen-bond donors (Lipinski definition) is 1. The summed E-state index contributed by atoms with van der Waals surface area (Å²) < 4.78 is 11.1. The van der Waals surface area contributed by atoms with Gasteiger partial charge in [0.1, 0.15) is 18.2 Å². The maximum atomic E-state index is 13.0. The van der Waals surface area contributed by atoms with Crippen molar-refractivity contribution in [1.29, 1.82) is 0 Å². The predicted molar refractivity (Wildman–Crippen MR) is 124 cm³/mol. The molecule has 1 amide bonds. The largest absolute Gasteiger partial charge is 0.459 e. The molecule has 0 aromatic heterocycles. The smallest absolute Gasteiger partial charge is 0.407 e. The van der Waals surface area contributed by atoms with Crippen LogP contribution < -0.4 is 5.32 Å². The lowest BCUT2D eigenvalue weighted by Gasteiger charge is -2.30. The van der Waals surface area contributed by atoms with Gasteiger partial charge in [-0.1, -0.05) is 66.7 Å². The summed E-state index contributed by atoms with van der Waals surface area (Å²) in [6.45, 7) is 10.2. The highest BCUT2D eigenvalue weighted by Crippen LogP contribution is 2.30. The summed E-state index contributed by atoms with van der Waals surface area (Å²) >= 11 is 0. The van der Waals surface area contributed by atoms with Gasteiger partial charge in [0.15, 0.2) is 0 Å². The zero-order valence-electron chi connectivity index (χ0n) is 19.0. The van der Waals surface area contributed by atoms with E-state index in [1.807, 2.05) is 86.3 Å². The van der Waals surface area contributed by atoms with Crippen LogP contribution in [0.5, 0.6) is 0 Å². The van der Waals surface area contributed by atoms with Crippen molar-refractivity contribution in [2.75, 3.05) is 0 Å². The minimum absolute atomic E-state index is 0.182. The Balaban J connectivity index is 1.73. The Morgan fingerprint density at radius 1 is 1.06 bits per heavy atom. The Hall–Kier alpha value is -3.12. The molecule has 0 saturated carbocycles. The average Bonchev–Trinajstić information content (AvgIpc) is 3.09. The van der Waals surface area contributed by atoms with Gasteiger partial charge in [-0.25, -0.2) is 4.79 Å². The number of nitrogens with one attached hydrogen (secondary N) is 1. The van der Waals surface area contributed by atoms with Crippen LogP contribution in [0, 0.1) is 0 Å². The van der Waals surface area contributed by atoms with Crippen molar-refractivity contribution in [1.82, 2.24) is 10.2 Å². The van der Waals surface area contributed by atoms with Crippen LogP contribution in [-0.4, -0.2) is 40.7 Å². The summed E-state index contributed by atoms with van der Waals surface area (Å²) in [5.74, 6) is -0.303. The molecule has 1 saturated heterocycles. The molecule has 1 N–H and O–H groups in total. The first-order chi connectivity index (χ1) is 15.3. The molecule has 3 unspecified atom stereocenters. The van der Waals surface area contributed by atoms with Gasteiger partial charge in [-0.2, -0.15) is 0 Å². The van der Waals surface area contributed by atoms with Gasteiger partial charge < -0.3 is 14.8 Å². The molecule has 3 rings (SSSR count). The van der Waals surface area contributed by atoms with Crippen LogP contribution in [0.2, 0.25) is 0 Å². The number of esters is 1. The Labute approximate surface area is 190 Å². The maximum Gasteiger partial charge on any atom is 0.407 e. The van der Waals surface area contributed by atoms with E-state index in [0.717, 1.165) is 11.1 Å². The number of likely N-dealkylation sites (tertiary alicyclic amines) is 1. The minimum atomic E-state index is -0.598. The normalized spacial score (nSPS) is 21.0. The van der Waals surface area contributed by atoms with Crippen LogP contribution in [0.4, 0.5) is 4.79 Å². The Morgan fingerprint density at radius 2 is 1.66 bits per heavy atom. The predicted octanol–water partition coefficient (Wildman–Crippen LogP) is 4.45. The molecule has 170 valence electrons. The van der Waals surface area contributed by atoms with Gasteiger partial charge in [-0.3, -0.25) is 9.69 Å². The molecule has 6 nitrogen and oxygen atoms in total. The van der Waals surface area contributed by atoms with Crippen molar-refractivity contribution in [3.05, 3.63) is 84.4 Å². The number of nitrogens with zero attached hydrogens (tertiary/aromatic N) is 1. The van der Waals surface area contributed by atoms with Crippen molar-refractivity contribution in [2.24, 2.45) is 0 Å². The highest BCUT2D eigenvalue weighted by atomic mass is 16.6. The number of benzene rings is 2. The molecule has 32 heavy (non-hydrogen) atoms. The zero-order chi connectivity index (χ0) is 23.1. The molecule has 1 fully saturated rings. The first-order valence-electron chi connectivity index (χ1n) is 10.9. The van der Waals surface area contributed by atoms with Gasteiger partial charge in [-0.15, -0.1) is 6.58 Å². The van der Waals surface area contributed by atoms with Crippen LogP contribution in [0.25, 0.3) is 0 Å². The number of ether oxygens (including phenoxy) is 2. The highest BCUT2D eigenvalue weighted by molar-refractivity contribution is 5.77. The number of carbonyl (C=O) groups excluding carboxylic acids is 2. The van der Waals surface area contributed by atoms with Gasteiger partial charge >= 0.3 is 12.1 Å². The van der Waals surface area contributed by atoms with Gasteiger partial charge in [0.2, 0.25) is 0 Å². The molecule has 2 aromatic carbocycles. The fourth-order valence-corrected chi connectivity index (χ4v) is 3.93. The maximum absolute atomic E-state index is 13.0. The lowest BCUT2D eigenvalue weighted by atomic mass is 10.1. The van der Waals surface area contributed by atoms with E-state index in [2.05, 4.69) is 11.9 Å². The lowest BCUT2D eigenvalue weighted by Crippen LogP contribution is -2.45. The molecule has 1 aliphatic rings. The van der Waals surface area contributed by atoms with E-state index >= 15 is 0 Å². The molecule has 6 heteroatoms. The van der Waals surface area contributed by atoms with Crippen molar-refractivity contribution in [3.63, 3.8) is 0 Å². The van der Waals surface area contributed by atoms with E-state index in [4.69, 9.17) is 9.47 Å². The third kappa shape index (κ3) is 6.44. The number of hydrogen-bond acceptors (Lipinski definition) is 5. The van der Waals surface area contributed by atoms with Crippen LogP contribution in [-0.2, 0) is 27.4 Å². The first kappa shape index (κ1) is 23.5. The summed E-state index contributed by atoms with van der Waals surface area (Å²) in [6, 6.07) is 18.4. The molecule has 0 bridgehead atoms. The second-order valence-electron chi connectivity index (χ2n) is 8.98. The van der Waals surface area contributed by atoms with Gasteiger partial charge in [0.05, 0.1) is 6.04 Å². The summed E-state index contributed by atoms with van der Waals surface area (Å²) in [7, 11) is 0. The molecule has 3 atom stereocenters. The SMILES string of the molecule is C=CC1C(NC(=O)OCc2ccccc2)CC(C(=O)OC(C)(C)C)N1Cc1ccccc1. The molecule has 2 aromatic rings. The number of carbonyl (C=O) groups is 2. The van der Waals surface area contributed by atoms with E-state index in [0.29, 0.717) is 13.0 Å². The topological polar surface area (TPSA) is 67.9 Å². The molecule has 1 heterocycles. The average molecular weight is 437 g/mol. The van der Waals surface area contributed by atoms with Crippen molar-refractivity contribution in [2.45, 2.75) is 64.1 Å². The van der Waals surface area contributed by atoms with E-state index in [1.165, 1.54) is 0 Å². The molecular formula is C26H32N2O4. The van der Waals surface area contributed by atoms with E-state index < -0.39 is 17.7 Å². The van der Waals surface area contributed by atoms with Crippen LogP contribution >= 0.6 is 0 Å². The fraction of sp³-hybridized carbons (Fsp3) is 0.385. The minimum Gasteiger partial charge on any atom is -0.459 e. The lowest BCUT2D eigenvalue weighted by molar-refractivity contribution is -0.160. The summed E-state index contributed by atoms with van der Waals surface area (Å²) in [4.78, 5) is 27.6. The fourth-order valence-electron chi connectivity index (χ4n) is 3.93. The van der Waals surface area contributed by atoms with Crippen LogP contribution in [0.15, 0.2) is 73.3 Å². The number of alkyl carbamates (subject to hydrolysis) is 1. The first-order valence-corrected chi connectivity index (χ1v) is 10.9. The van der Waals surface area contributed by atoms with E-state index in [-0.39, 0.29) is 24.7 Å². The van der Waals surface area contributed by atoms with E-state index in [1.54, 1.807) is 6.08 Å². The third-order valence-electron chi connectivity index (χ3n) is 5.32. The molecule has 1 aliphatic heterocycles.